The van der Waals surface area contributed by atoms with Gasteiger partial charge < -0.3 is 5.73 Å². The molecule has 2 aromatic rings. The third-order valence-electron chi connectivity index (χ3n) is 2.45. The highest BCUT2D eigenvalue weighted by atomic mass is 32.2. The molecule has 0 saturated carbocycles. The van der Waals surface area contributed by atoms with E-state index in [1.807, 2.05) is 0 Å². The fraction of sp³-hybridized carbons (Fsp3) is 0.111. The van der Waals surface area contributed by atoms with Crippen LogP contribution >= 0.6 is 11.8 Å². The second kappa shape index (κ2) is 5.71. The summed E-state index contributed by atoms with van der Waals surface area (Å²) in [4.78, 5) is 22.6. The van der Waals surface area contributed by atoms with E-state index in [0.29, 0.717) is 11.8 Å². The number of nitrogens with one attached hydrogen (secondary N) is 1. The average Bonchev–Trinajstić information content (AvgIpc) is 2.82. The van der Waals surface area contributed by atoms with Gasteiger partial charge in [0.15, 0.2) is 4.90 Å². The Balaban J connectivity index is 2.67. The molecule has 0 bridgehead atoms. The van der Waals surface area contributed by atoms with Crippen molar-refractivity contribution in [1.29, 1.82) is 0 Å². The number of nitrogen functional groups attached to an aromatic ring is 1. The maximum absolute atomic E-state index is 12.7. The number of benzene rings is 1. The number of anilines is 1. The van der Waals surface area contributed by atoms with E-state index in [4.69, 9.17) is 5.73 Å². The molecule has 0 fully saturated rings. The second-order valence-electron chi connectivity index (χ2n) is 3.96. The minimum absolute atomic E-state index is 0.162. The predicted octanol–water partition coefficient (Wildman–Crippen LogP) is 2.37. The first-order valence-electron chi connectivity index (χ1n) is 5.49. The quantitative estimate of drug-likeness (QED) is 0.629. The van der Waals surface area contributed by atoms with Crippen LogP contribution in [0, 0.1) is 20.2 Å². The molecule has 0 spiro atoms. The Morgan fingerprint density at radius 2 is 1.70 bits per heavy atom. The number of nitro benzene ring substituents is 2. The molecule has 14 heteroatoms. The normalized spacial score (nSPS) is 11.4. The number of alkyl halides is 3. The molecule has 0 amide bonds. The number of aromatic nitrogens is 3. The van der Waals surface area contributed by atoms with E-state index in [9.17, 15) is 33.4 Å². The van der Waals surface area contributed by atoms with Crippen LogP contribution in [0.15, 0.2) is 22.2 Å². The van der Waals surface area contributed by atoms with Gasteiger partial charge in [0, 0.05) is 12.1 Å². The Hall–Kier alpha value is -2.90. The smallest absolute Gasteiger partial charge is 0.368 e. The zero-order valence-electron chi connectivity index (χ0n) is 10.7. The summed E-state index contributed by atoms with van der Waals surface area (Å²) in [6.45, 7) is 0. The zero-order valence-corrected chi connectivity index (χ0v) is 11.5. The van der Waals surface area contributed by atoms with Crippen molar-refractivity contribution in [2.75, 3.05) is 5.73 Å². The van der Waals surface area contributed by atoms with Crippen molar-refractivity contribution in [2.24, 2.45) is 0 Å². The van der Waals surface area contributed by atoms with Crippen LogP contribution in [0.5, 0.6) is 0 Å². The van der Waals surface area contributed by atoms with E-state index in [2.05, 4.69) is 15.2 Å². The molecule has 0 aliphatic rings. The number of aromatic amines is 1. The van der Waals surface area contributed by atoms with Crippen molar-refractivity contribution in [2.45, 2.75) is 16.2 Å². The number of halogens is 3. The summed E-state index contributed by atoms with van der Waals surface area (Å²) in [5, 5.41) is 27.5. The van der Waals surface area contributed by atoms with Crippen molar-refractivity contribution in [1.82, 2.24) is 15.2 Å². The Morgan fingerprint density at radius 1 is 1.17 bits per heavy atom. The molecular weight excluding hydrogens is 345 g/mol. The van der Waals surface area contributed by atoms with Gasteiger partial charge in [-0.15, -0.1) is 5.10 Å². The lowest BCUT2D eigenvalue weighted by atomic mass is 10.1. The Kier molecular flexibility index (Phi) is 4.09. The Bertz CT molecular complexity index is 757. The third-order valence-corrected chi connectivity index (χ3v) is 3.43. The average molecular weight is 350 g/mol. The van der Waals surface area contributed by atoms with E-state index >= 15 is 0 Å². The van der Waals surface area contributed by atoms with Crippen molar-refractivity contribution in [3.05, 3.63) is 37.9 Å². The molecule has 0 aliphatic heterocycles. The van der Waals surface area contributed by atoms with Gasteiger partial charge in [-0.05, 0) is 11.8 Å². The van der Waals surface area contributed by atoms with Crippen LogP contribution in [0.1, 0.15) is 5.56 Å². The maximum atomic E-state index is 12.7. The highest BCUT2D eigenvalue weighted by Crippen LogP contribution is 2.44. The van der Waals surface area contributed by atoms with Gasteiger partial charge in [0.1, 0.15) is 0 Å². The summed E-state index contributed by atoms with van der Waals surface area (Å²) in [6, 6.07) is 0.427. The molecule has 10 nitrogen and oxygen atoms in total. The maximum Gasteiger partial charge on any atom is 0.416 e. The van der Waals surface area contributed by atoms with Crippen LogP contribution in [-0.4, -0.2) is 25.0 Å². The summed E-state index contributed by atoms with van der Waals surface area (Å²) >= 11 is 0.354. The van der Waals surface area contributed by atoms with E-state index in [-0.39, 0.29) is 23.2 Å². The van der Waals surface area contributed by atoms with Crippen LogP contribution in [-0.2, 0) is 6.18 Å². The number of hydrogen-bond donors (Lipinski definition) is 2. The lowest BCUT2D eigenvalue weighted by molar-refractivity contribution is -0.400. The topological polar surface area (TPSA) is 154 Å². The molecule has 122 valence electrons. The minimum atomic E-state index is -4.98. The molecule has 1 aromatic carbocycles. The summed E-state index contributed by atoms with van der Waals surface area (Å²) in [6.07, 6.45) is -4.98. The van der Waals surface area contributed by atoms with E-state index in [1.165, 1.54) is 0 Å². The van der Waals surface area contributed by atoms with Gasteiger partial charge in [0.05, 0.1) is 15.4 Å². The zero-order chi connectivity index (χ0) is 17.4. The van der Waals surface area contributed by atoms with Crippen molar-refractivity contribution in [3.8, 4) is 0 Å². The Morgan fingerprint density at radius 3 is 2.04 bits per heavy atom. The van der Waals surface area contributed by atoms with E-state index in [1.54, 1.807) is 0 Å². The number of H-pyrrole nitrogens is 1. The molecule has 3 N–H and O–H groups in total. The van der Waals surface area contributed by atoms with Gasteiger partial charge in [-0.1, -0.05) is 0 Å². The summed E-state index contributed by atoms with van der Waals surface area (Å²) < 4.78 is 38.2. The van der Waals surface area contributed by atoms with Gasteiger partial charge in [-0.3, -0.25) is 20.2 Å². The lowest BCUT2D eigenvalue weighted by Gasteiger charge is -2.08. The summed E-state index contributed by atoms with van der Waals surface area (Å²) in [5.41, 5.74) is 1.58. The molecule has 0 saturated heterocycles. The molecule has 2 rings (SSSR count). The first-order valence-corrected chi connectivity index (χ1v) is 6.31. The minimum Gasteiger partial charge on any atom is -0.368 e. The predicted molar refractivity (Wildman–Crippen MR) is 69.7 cm³/mol. The standard InChI is InChI=1S/C9H5F3N6O4S/c10-9(11,12)3-1-4(17(19)20)6(5(2-3)18(21)22)23-8-14-7(13)15-16-8/h1-2H,(H3,13,14,15,16). The van der Waals surface area contributed by atoms with Gasteiger partial charge in [0.25, 0.3) is 11.4 Å². The second-order valence-corrected chi connectivity index (χ2v) is 4.94. The largest absolute Gasteiger partial charge is 0.416 e. The molecule has 0 unspecified atom stereocenters. The van der Waals surface area contributed by atoms with Crippen LogP contribution in [0.2, 0.25) is 0 Å². The number of nitro groups is 2. The molecule has 1 heterocycles. The first-order chi connectivity index (χ1) is 10.6. The molecule has 0 atom stereocenters. The SMILES string of the molecule is Nc1nc(Sc2c([N+](=O)[O-])cc(C(F)(F)F)cc2[N+](=O)[O-])n[nH]1. The van der Waals surface area contributed by atoms with Crippen LogP contribution in [0.4, 0.5) is 30.5 Å². The Labute approximate surface area is 128 Å². The number of nitrogens with zero attached hydrogens (tertiary/aromatic N) is 4. The van der Waals surface area contributed by atoms with Crippen molar-refractivity contribution in [3.63, 3.8) is 0 Å². The number of hydrogen-bond acceptors (Lipinski definition) is 8. The van der Waals surface area contributed by atoms with E-state index in [0.717, 1.165) is 0 Å². The molecule has 0 aliphatic carbocycles. The van der Waals surface area contributed by atoms with Gasteiger partial charge in [0.2, 0.25) is 11.1 Å². The fourth-order valence-electron chi connectivity index (χ4n) is 1.53. The molecule has 1 aromatic heterocycles. The highest BCUT2D eigenvalue weighted by Gasteiger charge is 2.38. The summed E-state index contributed by atoms with van der Waals surface area (Å²) in [5.74, 6) is -0.162. The molecule has 23 heavy (non-hydrogen) atoms. The number of rotatable bonds is 4. The molecular formula is C9H5F3N6O4S. The van der Waals surface area contributed by atoms with Crippen LogP contribution in [0.25, 0.3) is 0 Å². The highest BCUT2D eigenvalue weighted by molar-refractivity contribution is 7.99. The van der Waals surface area contributed by atoms with Crippen molar-refractivity contribution >= 4 is 29.1 Å². The number of nitrogens with two attached hydrogens (primary N) is 1. The van der Waals surface area contributed by atoms with Crippen molar-refractivity contribution < 1.29 is 23.0 Å². The van der Waals surface area contributed by atoms with Gasteiger partial charge in [-0.25, -0.2) is 5.10 Å². The van der Waals surface area contributed by atoms with Gasteiger partial charge in [-0.2, -0.15) is 18.2 Å². The first kappa shape index (κ1) is 16.5. The van der Waals surface area contributed by atoms with Gasteiger partial charge >= 0.3 is 6.18 Å². The van der Waals surface area contributed by atoms with E-state index < -0.39 is 37.9 Å². The lowest BCUT2D eigenvalue weighted by Crippen LogP contribution is -2.08. The van der Waals surface area contributed by atoms with Crippen LogP contribution in [0.3, 0.4) is 0 Å². The third kappa shape index (κ3) is 3.47. The monoisotopic (exact) mass is 350 g/mol. The summed E-state index contributed by atoms with van der Waals surface area (Å²) in [7, 11) is 0. The fourth-order valence-corrected chi connectivity index (χ4v) is 2.43. The molecule has 0 radical (unpaired) electrons. The van der Waals surface area contributed by atoms with Crippen LogP contribution < -0.4 is 5.73 Å².